The number of hydrogen-bond acceptors (Lipinski definition) is 9. The topological polar surface area (TPSA) is 129 Å². The summed E-state index contributed by atoms with van der Waals surface area (Å²) < 4.78 is 17.4. The molecule has 0 radical (unpaired) electrons. The number of rotatable bonds is 9. The Hall–Kier alpha value is -3.86. The van der Waals surface area contributed by atoms with Crippen LogP contribution in [0, 0.1) is 26.7 Å². The van der Waals surface area contributed by atoms with Crippen molar-refractivity contribution in [1.82, 2.24) is 19.5 Å². The van der Waals surface area contributed by atoms with Gasteiger partial charge in [0.05, 0.1) is 43.0 Å². The molecule has 1 saturated carbocycles. The van der Waals surface area contributed by atoms with E-state index in [2.05, 4.69) is 25.6 Å². The van der Waals surface area contributed by atoms with Gasteiger partial charge in [0.25, 0.3) is 5.56 Å². The van der Waals surface area contributed by atoms with Gasteiger partial charge in [0.2, 0.25) is 11.8 Å². The highest BCUT2D eigenvalue weighted by molar-refractivity contribution is 6.29. The van der Waals surface area contributed by atoms with E-state index in [4.69, 9.17) is 25.8 Å². The molecule has 3 aromatic heterocycles. The number of carbonyl (C=O) groups is 1. The van der Waals surface area contributed by atoms with Gasteiger partial charge in [0.1, 0.15) is 11.8 Å². The number of methoxy groups -OCH3 is 2. The molecule has 0 saturated heterocycles. The lowest BCUT2D eigenvalue weighted by Crippen LogP contribution is -2.32. The SMILES string of the molecule is COc1ccc(NC(=O)OCC(C2CC2)n2cc(Cl)nc(Nc3cc(C)c(OC)nc3C)c2=O)c(C)n1. The first-order chi connectivity index (χ1) is 17.7. The molecule has 3 aromatic rings. The molecule has 1 amide bonds. The zero-order valence-electron chi connectivity index (χ0n) is 21.3. The van der Waals surface area contributed by atoms with Crippen molar-refractivity contribution < 1.29 is 19.0 Å². The Morgan fingerprint density at radius 3 is 2.49 bits per heavy atom. The van der Waals surface area contributed by atoms with Crippen molar-refractivity contribution in [2.45, 2.75) is 39.7 Å². The van der Waals surface area contributed by atoms with E-state index in [1.807, 2.05) is 13.0 Å². The van der Waals surface area contributed by atoms with Gasteiger partial charge in [-0.15, -0.1) is 0 Å². The second-order valence-electron chi connectivity index (χ2n) is 8.81. The van der Waals surface area contributed by atoms with Gasteiger partial charge in [-0.3, -0.25) is 10.1 Å². The monoisotopic (exact) mass is 528 g/mol. The Balaban J connectivity index is 1.53. The molecule has 12 heteroatoms. The van der Waals surface area contributed by atoms with E-state index < -0.39 is 12.1 Å². The minimum atomic E-state index is -0.650. The fraction of sp³-hybridized carbons (Fsp3) is 0.400. The number of amides is 1. The largest absolute Gasteiger partial charge is 0.481 e. The molecule has 1 atom stereocenters. The molecule has 1 aliphatic rings. The summed E-state index contributed by atoms with van der Waals surface area (Å²) in [5, 5.41) is 5.87. The smallest absolute Gasteiger partial charge is 0.411 e. The van der Waals surface area contributed by atoms with Crippen molar-refractivity contribution in [2.24, 2.45) is 5.92 Å². The van der Waals surface area contributed by atoms with Crippen LogP contribution in [0.25, 0.3) is 0 Å². The highest BCUT2D eigenvalue weighted by atomic mass is 35.5. The summed E-state index contributed by atoms with van der Waals surface area (Å²) in [7, 11) is 3.07. The third-order valence-corrected chi connectivity index (χ3v) is 6.30. The lowest BCUT2D eigenvalue weighted by molar-refractivity contribution is 0.135. The number of aromatic nitrogens is 4. The second kappa shape index (κ2) is 11.0. The highest BCUT2D eigenvalue weighted by Crippen LogP contribution is 2.40. The maximum absolute atomic E-state index is 13.4. The van der Waals surface area contributed by atoms with Crippen LogP contribution in [-0.4, -0.2) is 46.4 Å². The second-order valence-corrected chi connectivity index (χ2v) is 9.20. The van der Waals surface area contributed by atoms with Crippen molar-refractivity contribution in [3.63, 3.8) is 0 Å². The number of aryl methyl sites for hydroxylation is 3. The first kappa shape index (κ1) is 26.2. The third-order valence-electron chi connectivity index (χ3n) is 6.12. The van der Waals surface area contributed by atoms with Gasteiger partial charge in [-0.2, -0.15) is 0 Å². The number of halogens is 1. The zero-order valence-corrected chi connectivity index (χ0v) is 22.0. The van der Waals surface area contributed by atoms with Gasteiger partial charge in [-0.05, 0) is 51.7 Å². The Morgan fingerprint density at radius 2 is 1.84 bits per heavy atom. The number of pyridine rings is 2. The number of ether oxygens (including phenoxy) is 3. The van der Waals surface area contributed by atoms with Crippen molar-refractivity contribution in [3.05, 3.63) is 56.9 Å². The number of carbonyl (C=O) groups excluding carboxylic acids is 1. The lowest BCUT2D eigenvalue weighted by Gasteiger charge is -2.21. The van der Waals surface area contributed by atoms with Crippen molar-refractivity contribution >= 4 is 34.9 Å². The number of nitrogens with one attached hydrogen (secondary N) is 2. The Kier molecular flexibility index (Phi) is 7.82. The molecular formula is C25H29ClN6O5. The summed E-state index contributed by atoms with van der Waals surface area (Å²) in [5.41, 5.74) is 2.75. The Labute approximate surface area is 219 Å². The van der Waals surface area contributed by atoms with E-state index in [9.17, 15) is 9.59 Å². The normalized spacial score (nSPS) is 13.6. The number of nitrogens with zero attached hydrogens (tertiary/aromatic N) is 4. The van der Waals surface area contributed by atoms with Gasteiger partial charge >= 0.3 is 6.09 Å². The van der Waals surface area contributed by atoms with Crippen LogP contribution in [0.1, 0.15) is 35.8 Å². The predicted octanol–water partition coefficient (Wildman–Crippen LogP) is 4.57. The fourth-order valence-corrected chi connectivity index (χ4v) is 4.16. The maximum atomic E-state index is 13.4. The summed E-state index contributed by atoms with van der Waals surface area (Å²) in [6.45, 7) is 5.39. The summed E-state index contributed by atoms with van der Waals surface area (Å²) in [6, 6.07) is 4.76. The molecule has 1 fully saturated rings. The molecule has 2 N–H and O–H groups in total. The van der Waals surface area contributed by atoms with E-state index in [0.29, 0.717) is 34.5 Å². The van der Waals surface area contributed by atoms with E-state index in [0.717, 1.165) is 18.4 Å². The molecule has 196 valence electrons. The summed E-state index contributed by atoms with van der Waals surface area (Å²) in [4.78, 5) is 38.8. The van der Waals surface area contributed by atoms with Crippen LogP contribution in [0.15, 0.2) is 29.2 Å². The third kappa shape index (κ3) is 6.11. The number of anilines is 3. The average Bonchev–Trinajstić information content (AvgIpc) is 3.70. The molecule has 37 heavy (non-hydrogen) atoms. The first-order valence-electron chi connectivity index (χ1n) is 11.7. The molecular weight excluding hydrogens is 500 g/mol. The molecule has 0 bridgehead atoms. The van der Waals surface area contributed by atoms with Crippen LogP contribution in [0.4, 0.5) is 22.0 Å². The molecule has 3 heterocycles. The Bertz CT molecular complexity index is 1370. The van der Waals surface area contributed by atoms with E-state index in [1.54, 1.807) is 33.1 Å². The predicted molar refractivity (Wildman–Crippen MR) is 139 cm³/mol. The van der Waals surface area contributed by atoms with E-state index in [1.165, 1.54) is 17.9 Å². The van der Waals surface area contributed by atoms with Gasteiger partial charge in [0, 0.05) is 17.8 Å². The molecule has 0 spiro atoms. The zero-order chi connectivity index (χ0) is 26.7. The minimum absolute atomic E-state index is 0.0129. The first-order valence-corrected chi connectivity index (χ1v) is 12.1. The van der Waals surface area contributed by atoms with Crippen LogP contribution in [-0.2, 0) is 4.74 Å². The molecule has 1 aliphatic carbocycles. The van der Waals surface area contributed by atoms with Crippen LogP contribution >= 0.6 is 11.6 Å². The van der Waals surface area contributed by atoms with Crippen LogP contribution in [0.5, 0.6) is 11.8 Å². The molecule has 0 aromatic carbocycles. The lowest BCUT2D eigenvalue weighted by atomic mass is 10.2. The van der Waals surface area contributed by atoms with Gasteiger partial charge < -0.3 is 24.1 Å². The van der Waals surface area contributed by atoms with Crippen molar-refractivity contribution in [3.8, 4) is 11.8 Å². The van der Waals surface area contributed by atoms with Crippen LogP contribution in [0.2, 0.25) is 5.15 Å². The van der Waals surface area contributed by atoms with Gasteiger partial charge in [-0.25, -0.2) is 19.7 Å². The summed E-state index contributed by atoms with van der Waals surface area (Å²) in [6.07, 6.45) is 2.64. The van der Waals surface area contributed by atoms with E-state index in [-0.39, 0.29) is 29.1 Å². The van der Waals surface area contributed by atoms with Gasteiger partial charge in [0.15, 0.2) is 5.82 Å². The average molecular weight is 529 g/mol. The quantitative estimate of drug-likeness (QED) is 0.410. The standard InChI is InChI=1S/C25H29ClN6O5/c1-13-10-18(15(3)28-23(13)36-5)29-22-24(33)32(11-20(26)31-22)19(16-6-7-16)12-37-25(34)30-17-8-9-21(35-4)27-14(17)2/h8-11,16,19H,6-7,12H2,1-5H3,(H,29,31)(H,30,34). The minimum Gasteiger partial charge on any atom is -0.481 e. The van der Waals surface area contributed by atoms with Gasteiger partial charge in [-0.1, -0.05) is 11.6 Å². The summed E-state index contributed by atoms with van der Waals surface area (Å²) in [5.74, 6) is 1.17. The number of hydrogen-bond donors (Lipinski definition) is 2. The maximum Gasteiger partial charge on any atom is 0.411 e. The van der Waals surface area contributed by atoms with Crippen molar-refractivity contribution in [1.29, 1.82) is 0 Å². The fourth-order valence-electron chi connectivity index (χ4n) is 3.97. The summed E-state index contributed by atoms with van der Waals surface area (Å²) >= 11 is 6.30. The highest BCUT2D eigenvalue weighted by Gasteiger charge is 2.35. The molecule has 1 unspecified atom stereocenters. The molecule has 4 rings (SSSR count). The van der Waals surface area contributed by atoms with E-state index >= 15 is 0 Å². The molecule has 11 nitrogen and oxygen atoms in total. The Morgan fingerprint density at radius 1 is 1.11 bits per heavy atom. The van der Waals surface area contributed by atoms with Crippen LogP contribution < -0.4 is 25.7 Å². The van der Waals surface area contributed by atoms with Crippen LogP contribution in [0.3, 0.4) is 0 Å². The molecule has 0 aliphatic heterocycles. The van der Waals surface area contributed by atoms with Crippen molar-refractivity contribution in [2.75, 3.05) is 31.5 Å².